The Balaban J connectivity index is 1.05. The molecule has 1 saturated heterocycles. The molecule has 2 aromatic rings. The molecule has 3 saturated carbocycles. The van der Waals surface area contributed by atoms with E-state index in [1.165, 1.54) is 25.5 Å². The van der Waals surface area contributed by atoms with Crippen molar-refractivity contribution in [2.45, 2.75) is 25.3 Å². The van der Waals surface area contributed by atoms with Gasteiger partial charge in [0.15, 0.2) is 0 Å². The van der Waals surface area contributed by atoms with Gasteiger partial charge < -0.3 is 15.1 Å². The second-order valence-electron chi connectivity index (χ2n) is 11.5. The first-order valence-corrected chi connectivity index (χ1v) is 15.7. The van der Waals surface area contributed by atoms with Gasteiger partial charge in [0.2, 0.25) is 10.0 Å². The molecule has 0 radical (unpaired) electrons. The van der Waals surface area contributed by atoms with Gasteiger partial charge in [0.25, 0.3) is 0 Å². The number of hydrogen-bond donors (Lipinski definition) is 1. The number of benzene rings is 2. The van der Waals surface area contributed by atoms with Crippen molar-refractivity contribution in [2.75, 3.05) is 60.2 Å². The van der Waals surface area contributed by atoms with Gasteiger partial charge in [-0.2, -0.15) is 4.31 Å². The number of rotatable bonds is 4. The molecule has 2 aromatic carbocycles. The first-order chi connectivity index (χ1) is 18.3. The number of nitrogens with zero attached hydrogens (tertiary/aromatic N) is 4. The van der Waals surface area contributed by atoms with E-state index in [1.807, 2.05) is 23.1 Å². The van der Waals surface area contributed by atoms with Crippen molar-refractivity contribution in [1.29, 1.82) is 0 Å². The van der Waals surface area contributed by atoms with Crippen LogP contribution in [0.1, 0.15) is 19.3 Å². The van der Waals surface area contributed by atoms with Gasteiger partial charge in [-0.25, -0.2) is 13.2 Å². The van der Waals surface area contributed by atoms with E-state index < -0.39 is 10.0 Å². The largest absolute Gasteiger partial charge is 0.369 e. The summed E-state index contributed by atoms with van der Waals surface area (Å²) in [7, 11) is -3.14. The molecule has 4 fully saturated rings. The molecule has 3 unspecified atom stereocenters. The van der Waals surface area contributed by atoms with Crippen LogP contribution in [0.3, 0.4) is 0 Å². The highest BCUT2D eigenvalue weighted by Gasteiger charge is 2.49. The molecule has 8 nitrogen and oxygen atoms in total. The first-order valence-electron chi connectivity index (χ1n) is 13.8. The number of amides is 2. The number of allylic oxidation sites excluding steroid dienone is 1. The topological polar surface area (TPSA) is 76.2 Å². The normalized spacial score (nSPS) is 28.4. The SMILES string of the molecule is CS(=O)(=O)N1CCN(c2ccc(N3CCN(C(=O)NC4C=C5C6CC5CC4C6)c4ccccc43)cc2)CC1. The van der Waals surface area contributed by atoms with Crippen LogP contribution >= 0.6 is 0 Å². The van der Waals surface area contributed by atoms with Gasteiger partial charge in [-0.1, -0.05) is 23.8 Å². The molecular weight excluding hydrogens is 498 g/mol. The number of urea groups is 1. The predicted molar refractivity (Wildman–Crippen MR) is 151 cm³/mol. The van der Waals surface area contributed by atoms with Crippen molar-refractivity contribution >= 4 is 38.8 Å². The van der Waals surface area contributed by atoms with E-state index >= 15 is 0 Å². The molecule has 0 spiro atoms. The smallest absolute Gasteiger partial charge is 0.322 e. The fourth-order valence-electron chi connectivity index (χ4n) is 7.33. The number of fused-ring (bicyclic) bond motifs is 2. The van der Waals surface area contributed by atoms with E-state index in [1.54, 1.807) is 9.88 Å². The molecule has 200 valence electrons. The minimum atomic E-state index is -3.14. The summed E-state index contributed by atoms with van der Waals surface area (Å²) in [5.41, 5.74) is 5.76. The van der Waals surface area contributed by atoms with Crippen LogP contribution in [-0.2, 0) is 10.0 Å². The summed E-state index contributed by atoms with van der Waals surface area (Å²) in [6, 6.07) is 16.8. The summed E-state index contributed by atoms with van der Waals surface area (Å²) in [4.78, 5) is 19.9. The van der Waals surface area contributed by atoms with E-state index in [-0.39, 0.29) is 12.1 Å². The van der Waals surface area contributed by atoms with Crippen LogP contribution in [0.5, 0.6) is 0 Å². The number of nitrogens with one attached hydrogen (secondary N) is 1. The third-order valence-electron chi connectivity index (χ3n) is 9.35. The molecule has 0 aromatic heterocycles. The minimum absolute atomic E-state index is 0.00348. The van der Waals surface area contributed by atoms with Gasteiger partial charge in [0.05, 0.1) is 23.7 Å². The maximum Gasteiger partial charge on any atom is 0.322 e. The van der Waals surface area contributed by atoms with Crippen molar-refractivity contribution < 1.29 is 13.2 Å². The van der Waals surface area contributed by atoms with E-state index in [0.29, 0.717) is 38.6 Å². The zero-order valence-electron chi connectivity index (χ0n) is 21.8. The van der Waals surface area contributed by atoms with E-state index in [4.69, 9.17) is 0 Å². The Bertz CT molecular complexity index is 1370. The highest BCUT2D eigenvalue weighted by molar-refractivity contribution is 7.88. The molecule has 9 heteroatoms. The van der Waals surface area contributed by atoms with Gasteiger partial charge in [-0.05, 0) is 73.4 Å². The molecule has 1 N–H and O–H groups in total. The highest BCUT2D eigenvalue weighted by atomic mass is 32.2. The van der Waals surface area contributed by atoms with E-state index in [2.05, 4.69) is 51.5 Å². The van der Waals surface area contributed by atoms with E-state index in [9.17, 15) is 13.2 Å². The molecule has 5 aliphatic carbocycles. The van der Waals surface area contributed by atoms with Gasteiger partial charge >= 0.3 is 6.03 Å². The average Bonchev–Trinajstić information content (AvgIpc) is 2.93. The molecule has 9 rings (SSSR count). The summed E-state index contributed by atoms with van der Waals surface area (Å²) < 4.78 is 25.2. The number of hydrogen-bond acceptors (Lipinski definition) is 5. The second kappa shape index (κ2) is 9.02. The second-order valence-corrected chi connectivity index (χ2v) is 13.4. The summed E-state index contributed by atoms with van der Waals surface area (Å²) in [5.74, 6) is 2.17. The number of carbonyl (C=O) groups is 1. The predicted octanol–water partition coefficient (Wildman–Crippen LogP) is 3.79. The van der Waals surface area contributed by atoms with Crippen LogP contribution in [0, 0.1) is 17.8 Å². The monoisotopic (exact) mass is 533 g/mol. The fourth-order valence-corrected chi connectivity index (χ4v) is 8.16. The van der Waals surface area contributed by atoms with Crippen molar-refractivity contribution in [1.82, 2.24) is 9.62 Å². The molecule has 4 bridgehead atoms. The Morgan fingerprint density at radius 3 is 2.11 bits per heavy atom. The number of para-hydroxylation sites is 2. The zero-order chi connectivity index (χ0) is 26.0. The standard InChI is InChI=1S/C29H35N5O3S/c1-38(36,37)32-12-10-31(11-13-32)23-6-8-24(9-7-23)33-14-15-34(28-5-3-2-4-27(28)33)29(35)30-26-19-25-20-16-21(25)18-22(26)17-20/h2-9,19-22,26H,10-18H2,1H3,(H,30,35). The van der Waals surface area contributed by atoms with Crippen molar-refractivity contribution in [3.05, 3.63) is 60.2 Å². The van der Waals surface area contributed by atoms with Gasteiger partial charge in [0, 0.05) is 50.6 Å². The van der Waals surface area contributed by atoms with Crippen LogP contribution in [0.25, 0.3) is 0 Å². The van der Waals surface area contributed by atoms with Gasteiger partial charge in [-0.3, -0.25) is 4.90 Å². The minimum Gasteiger partial charge on any atom is -0.369 e. The molecule has 38 heavy (non-hydrogen) atoms. The number of carbonyl (C=O) groups excluding carboxylic acids is 1. The molecular formula is C29H35N5O3S. The average molecular weight is 534 g/mol. The lowest BCUT2D eigenvalue weighted by molar-refractivity contribution is 0.109. The summed E-state index contributed by atoms with van der Waals surface area (Å²) in [6.45, 7) is 3.73. The fraction of sp³-hybridized carbons (Fsp3) is 0.483. The molecule has 2 amide bonds. The first kappa shape index (κ1) is 24.0. The number of anilines is 4. The van der Waals surface area contributed by atoms with Crippen LogP contribution in [-0.4, -0.2) is 70.3 Å². The van der Waals surface area contributed by atoms with Crippen LogP contribution in [0.2, 0.25) is 0 Å². The number of piperazine rings is 1. The zero-order valence-corrected chi connectivity index (χ0v) is 22.6. The summed E-state index contributed by atoms with van der Waals surface area (Å²) in [5, 5.41) is 3.36. The third kappa shape index (κ3) is 4.07. The third-order valence-corrected chi connectivity index (χ3v) is 10.6. The maximum atomic E-state index is 13.5. The Morgan fingerprint density at radius 2 is 1.47 bits per heavy atom. The van der Waals surface area contributed by atoms with Gasteiger partial charge in [-0.15, -0.1) is 0 Å². The Morgan fingerprint density at radius 1 is 0.816 bits per heavy atom. The summed E-state index contributed by atoms with van der Waals surface area (Å²) >= 11 is 0. The quantitative estimate of drug-likeness (QED) is 0.606. The lowest BCUT2D eigenvalue weighted by Crippen LogP contribution is -2.55. The Kier molecular flexibility index (Phi) is 5.70. The van der Waals surface area contributed by atoms with Crippen LogP contribution in [0.4, 0.5) is 27.5 Å². The van der Waals surface area contributed by atoms with Crippen LogP contribution in [0.15, 0.2) is 60.2 Å². The van der Waals surface area contributed by atoms with Crippen molar-refractivity contribution in [2.24, 2.45) is 17.8 Å². The lowest BCUT2D eigenvalue weighted by atomic mass is 9.52. The Labute approximate surface area is 224 Å². The van der Waals surface area contributed by atoms with Crippen molar-refractivity contribution in [3.8, 4) is 0 Å². The lowest BCUT2D eigenvalue weighted by Gasteiger charge is -2.54. The van der Waals surface area contributed by atoms with E-state index in [0.717, 1.165) is 41.1 Å². The maximum absolute atomic E-state index is 13.5. The Hall–Kier alpha value is -3.04. The molecule has 7 aliphatic rings. The van der Waals surface area contributed by atoms with Crippen LogP contribution < -0.4 is 20.0 Å². The molecule has 2 aliphatic heterocycles. The van der Waals surface area contributed by atoms with Crippen molar-refractivity contribution in [3.63, 3.8) is 0 Å². The molecule has 3 atom stereocenters. The number of sulfonamides is 1. The van der Waals surface area contributed by atoms with Gasteiger partial charge in [0.1, 0.15) is 0 Å². The molecule has 2 heterocycles. The summed E-state index contributed by atoms with van der Waals surface area (Å²) in [6.07, 6.45) is 7.47. The highest BCUT2D eigenvalue weighted by Crippen LogP contribution is 2.57.